The van der Waals surface area contributed by atoms with Crippen LogP contribution in [0, 0.1) is 0 Å². The van der Waals surface area contributed by atoms with Gasteiger partial charge in [0.2, 0.25) is 0 Å². The third-order valence-electron chi connectivity index (χ3n) is 4.24. The van der Waals surface area contributed by atoms with Crippen LogP contribution in [0.25, 0.3) is 0 Å². The van der Waals surface area contributed by atoms with Gasteiger partial charge in [-0.05, 0) is 42.3 Å². The molecule has 2 aromatic carbocycles. The van der Waals surface area contributed by atoms with E-state index in [0.29, 0.717) is 54.7 Å². The Morgan fingerprint density at radius 1 is 1.07 bits per heavy atom. The molecule has 2 aromatic rings. The number of hydrogen-bond donors (Lipinski definition) is 1. The number of ether oxygens (including phenoxy) is 4. The van der Waals surface area contributed by atoms with Crippen molar-refractivity contribution in [3.63, 3.8) is 0 Å². The average Bonchev–Trinajstić information content (AvgIpc) is 2.93. The first-order chi connectivity index (χ1) is 13.1. The van der Waals surface area contributed by atoms with Gasteiger partial charge in [-0.2, -0.15) is 0 Å². The quantitative estimate of drug-likeness (QED) is 0.750. The van der Waals surface area contributed by atoms with E-state index in [2.05, 4.69) is 21.2 Å². The summed E-state index contributed by atoms with van der Waals surface area (Å²) in [6, 6.07) is 9.01. The topological polar surface area (TPSA) is 66.0 Å². The van der Waals surface area contributed by atoms with Crippen molar-refractivity contribution in [3.8, 4) is 23.0 Å². The summed E-state index contributed by atoms with van der Waals surface area (Å²) >= 11 is 3.53. The molecule has 6 nitrogen and oxygen atoms in total. The van der Waals surface area contributed by atoms with Crippen LogP contribution in [0.5, 0.6) is 23.0 Å². The molecule has 0 spiro atoms. The Balaban J connectivity index is 1.62. The van der Waals surface area contributed by atoms with E-state index >= 15 is 0 Å². The Morgan fingerprint density at radius 2 is 1.78 bits per heavy atom. The number of rotatable bonds is 6. The Hall–Kier alpha value is -2.41. The summed E-state index contributed by atoms with van der Waals surface area (Å²) in [6.45, 7) is 1.70. The lowest BCUT2D eigenvalue weighted by Crippen LogP contribution is -2.25. The largest absolute Gasteiger partial charge is 0.493 e. The number of benzene rings is 2. The fourth-order valence-corrected chi connectivity index (χ4v) is 3.33. The number of carbonyl (C=O) groups excluding carboxylic acids is 1. The zero-order valence-corrected chi connectivity index (χ0v) is 16.9. The van der Waals surface area contributed by atoms with Gasteiger partial charge in [0.05, 0.1) is 27.4 Å². The normalized spacial score (nSPS) is 12.9. The minimum absolute atomic E-state index is 0.151. The van der Waals surface area contributed by atoms with Gasteiger partial charge in [-0.15, -0.1) is 0 Å². The Morgan fingerprint density at radius 3 is 2.52 bits per heavy atom. The van der Waals surface area contributed by atoms with Gasteiger partial charge in [0.15, 0.2) is 23.0 Å². The van der Waals surface area contributed by atoms with Crippen LogP contribution in [0.2, 0.25) is 0 Å². The number of hydrogen-bond acceptors (Lipinski definition) is 5. The number of nitrogens with one attached hydrogen (secondary N) is 1. The molecule has 0 aromatic heterocycles. The number of amides is 1. The monoisotopic (exact) mass is 435 g/mol. The van der Waals surface area contributed by atoms with Gasteiger partial charge in [0, 0.05) is 23.0 Å². The molecule has 0 fully saturated rings. The molecule has 144 valence electrons. The van der Waals surface area contributed by atoms with Crippen LogP contribution in [0.4, 0.5) is 0 Å². The van der Waals surface area contributed by atoms with Gasteiger partial charge >= 0.3 is 0 Å². The molecule has 0 radical (unpaired) electrons. The van der Waals surface area contributed by atoms with E-state index in [0.717, 1.165) is 16.5 Å². The van der Waals surface area contributed by atoms with Gasteiger partial charge in [-0.25, -0.2) is 0 Å². The first kappa shape index (κ1) is 19.4. The van der Waals surface area contributed by atoms with Gasteiger partial charge in [0.1, 0.15) is 0 Å². The highest BCUT2D eigenvalue weighted by atomic mass is 79.9. The first-order valence-electron chi connectivity index (χ1n) is 8.70. The molecule has 0 atom stereocenters. The minimum atomic E-state index is -0.151. The molecule has 7 heteroatoms. The predicted octanol–water partition coefficient (Wildman–Crippen LogP) is 3.60. The van der Waals surface area contributed by atoms with Crippen LogP contribution in [-0.2, 0) is 6.42 Å². The molecular weight excluding hydrogens is 414 g/mol. The van der Waals surface area contributed by atoms with Crippen molar-refractivity contribution in [1.29, 1.82) is 0 Å². The number of methoxy groups -OCH3 is 2. The Labute approximate surface area is 166 Å². The van der Waals surface area contributed by atoms with Crippen LogP contribution in [-0.4, -0.2) is 39.9 Å². The summed E-state index contributed by atoms with van der Waals surface area (Å²) in [6.07, 6.45) is 1.48. The van der Waals surface area contributed by atoms with Crippen molar-refractivity contribution >= 4 is 21.8 Å². The Kier molecular flexibility index (Phi) is 6.45. The van der Waals surface area contributed by atoms with Crippen molar-refractivity contribution in [1.82, 2.24) is 5.32 Å². The molecule has 0 saturated carbocycles. The van der Waals surface area contributed by atoms with E-state index in [-0.39, 0.29) is 5.91 Å². The van der Waals surface area contributed by atoms with Crippen molar-refractivity contribution in [2.75, 3.05) is 34.0 Å². The third-order valence-corrected chi connectivity index (χ3v) is 4.98. The van der Waals surface area contributed by atoms with E-state index in [1.165, 1.54) is 0 Å². The first-order valence-corrected chi connectivity index (χ1v) is 9.50. The smallest absolute Gasteiger partial charge is 0.251 e. The summed E-state index contributed by atoms with van der Waals surface area (Å²) in [4.78, 5) is 12.5. The van der Waals surface area contributed by atoms with Crippen LogP contribution >= 0.6 is 15.9 Å². The molecule has 3 rings (SSSR count). The van der Waals surface area contributed by atoms with Crippen LogP contribution in [0.15, 0.2) is 34.8 Å². The van der Waals surface area contributed by atoms with Gasteiger partial charge in [-0.3, -0.25) is 4.79 Å². The average molecular weight is 436 g/mol. The highest BCUT2D eigenvalue weighted by Gasteiger charge is 2.14. The number of carbonyl (C=O) groups is 1. The second kappa shape index (κ2) is 8.99. The van der Waals surface area contributed by atoms with Crippen molar-refractivity contribution in [2.45, 2.75) is 12.8 Å². The Bertz CT molecular complexity index is 824. The maximum atomic E-state index is 12.5. The SMILES string of the molecule is COc1cc(Br)c(CCNC(=O)c2ccc3c(c2)OCCCO3)cc1OC. The highest BCUT2D eigenvalue weighted by molar-refractivity contribution is 9.10. The van der Waals surface area contributed by atoms with Gasteiger partial charge < -0.3 is 24.3 Å². The van der Waals surface area contributed by atoms with E-state index in [1.807, 2.05) is 12.1 Å². The van der Waals surface area contributed by atoms with Crippen LogP contribution in [0.3, 0.4) is 0 Å². The lowest BCUT2D eigenvalue weighted by Gasteiger charge is -2.13. The molecule has 1 N–H and O–H groups in total. The lowest BCUT2D eigenvalue weighted by molar-refractivity contribution is 0.0953. The van der Waals surface area contributed by atoms with Crippen molar-refractivity contribution in [3.05, 3.63) is 45.9 Å². The predicted molar refractivity (Wildman–Crippen MR) is 105 cm³/mol. The molecule has 0 saturated heterocycles. The molecule has 0 unspecified atom stereocenters. The lowest BCUT2D eigenvalue weighted by atomic mass is 10.1. The van der Waals surface area contributed by atoms with Gasteiger partial charge in [-0.1, -0.05) is 15.9 Å². The number of fused-ring (bicyclic) bond motifs is 1. The maximum absolute atomic E-state index is 12.5. The fourth-order valence-electron chi connectivity index (χ4n) is 2.81. The van der Waals surface area contributed by atoms with Crippen LogP contribution < -0.4 is 24.3 Å². The maximum Gasteiger partial charge on any atom is 0.251 e. The summed E-state index contributed by atoms with van der Waals surface area (Å²) in [5.41, 5.74) is 1.57. The molecule has 1 aliphatic heterocycles. The zero-order valence-electron chi connectivity index (χ0n) is 15.3. The van der Waals surface area contributed by atoms with E-state index < -0.39 is 0 Å². The second-order valence-corrected chi connectivity index (χ2v) is 6.87. The highest BCUT2D eigenvalue weighted by Crippen LogP contribution is 2.33. The molecule has 0 aliphatic carbocycles. The summed E-state index contributed by atoms with van der Waals surface area (Å²) in [5.74, 6) is 2.46. The zero-order chi connectivity index (χ0) is 19.2. The fraction of sp³-hybridized carbons (Fsp3) is 0.350. The molecule has 0 bridgehead atoms. The number of halogens is 1. The van der Waals surface area contributed by atoms with E-state index in [4.69, 9.17) is 18.9 Å². The summed E-state index contributed by atoms with van der Waals surface area (Å²) in [5, 5.41) is 2.93. The van der Waals surface area contributed by atoms with E-state index in [9.17, 15) is 4.79 Å². The molecule has 27 heavy (non-hydrogen) atoms. The van der Waals surface area contributed by atoms with Gasteiger partial charge in [0.25, 0.3) is 5.91 Å². The standard InChI is InChI=1S/C20H22BrNO5/c1-24-17-10-13(15(21)12-18(17)25-2)6-7-22-20(23)14-4-5-16-19(11-14)27-9-3-8-26-16/h4-5,10-12H,3,6-9H2,1-2H3,(H,22,23). The molecule has 1 amide bonds. The summed E-state index contributed by atoms with van der Waals surface area (Å²) < 4.78 is 22.8. The van der Waals surface area contributed by atoms with Crippen molar-refractivity contribution in [2.24, 2.45) is 0 Å². The molecule has 1 heterocycles. The molecular formula is C20H22BrNO5. The minimum Gasteiger partial charge on any atom is -0.493 e. The van der Waals surface area contributed by atoms with Crippen molar-refractivity contribution < 1.29 is 23.7 Å². The third kappa shape index (κ3) is 4.66. The second-order valence-electron chi connectivity index (χ2n) is 6.02. The van der Waals surface area contributed by atoms with Crippen LogP contribution in [0.1, 0.15) is 22.3 Å². The summed E-state index contributed by atoms with van der Waals surface area (Å²) in [7, 11) is 3.20. The van der Waals surface area contributed by atoms with E-state index in [1.54, 1.807) is 32.4 Å². The molecule has 1 aliphatic rings.